The first-order valence-corrected chi connectivity index (χ1v) is 6.97. The highest BCUT2D eigenvalue weighted by atomic mass is 32.2. The average Bonchev–Trinajstić information content (AvgIpc) is 2.31. The Hall–Kier alpha value is -0.680. The number of aromatic nitrogens is 1. The van der Waals surface area contributed by atoms with E-state index in [1.807, 2.05) is 18.2 Å². The third kappa shape index (κ3) is 6.02. The van der Waals surface area contributed by atoms with Crippen molar-refractivity contribution in [3.05, 3.63) is 30.1 Å². The van der Waals surface area contributed by atoms with E-state index in [1.54, 1.807) is 6.20 Å². The van der Waals surface area contributed by atoms with E-state index in [0.717, 1.165) is 36.6 Å². The smallest absolute Gasteiger partial charge is 0.279 e. The van der Waals surface area contributed by atoms with Gasteiger partial charge in [0.2, 0.25) is 0 Å². The zero-order chi connectivity index (χ0) is 11.6. The van der Waals surface area contributed by atoms with Crippen LogP contribution in [0.15, 0.2) is 24.4 Å². The van der Waals surface area contributed by atoms with Crippen molar-refractivity contribution in [2.75, 3.05) is 18.1 Å². The molecule has 5 heteroatoms. The van der Waals surface area contributed by atoms with Gasteiger partial charge in [-0.3, -0.25) is 9.78 Å². The number of hydrogen-bond donors (Lipinski definition) is 1. The molecule has 0 radical (unpaired) electrons. The van der Waals surface area contributed by atoms with Crippen molar-refractivity contribution < 1.29 is 4.79 Å². The van der Waals surface area contributed by atoms with E-state index >= 15 is 0 Å². The van der Waals surface area contributed by atoms with E-state index in [1.165, 1.54) is 11.8 Å². The summed E-state index contributed by atoms with van der Waals surface area (Å²) in [5.74, 6) is 1.69. The van der Waals surface area contributed by atoms with E-state index in [-0.39, 0.29) is 5.24 Å². The van der Waals surface area contributed by atoms with Crippen LogP contribution in [-0.2, 0) is 19.0 Å². The van der Waals surface area contributed by atoms with Crippen molar-refractivity contribution in [2.45, 2.75) is 12.8 Å². The second-order valence-corrected chi connectivity index (χ2v) is 4.81. The van der Waals surface area contributed by atoms with E-state index in [0.29, 0.717) is 0 Å². The first-order valence-electron chi connectivity index (χ1n) is 5.28. The van der Waals surface area contributed by atoms with E-state index in [9.17, 15) is 4.79 Å². The molecule has 0 bridgehead atoms. The second-order valence-electron chi connectivity index (χ2n) is 3.24. The van der Waals surface area contributed by atoms with Crippen LogP contribution in [0.3, 0.4) is 0 Å². The summed E-state index contributed by atoms with van der Waals surface area (Å²) in [5.41, 5.74) is 1.03. The summed E-state index contributed by atoms with van der Waals surface area (Å²) in [5, 5.41) is 2.89. The van der Waals surface area contributed by atoms with Gasteiger partial charge in [0.15, 0.2) is 0 Å². The summed E-state index contributed by atoms with van der Waals surface area (Å²) in [6.07, 6.45) is 3.57. The fourth-order valence-electron chi connectivity index (χ4n) is 1.12. The number of rotatable bonds is 6. The standard InChI is InChI=1S/C11H16N2OS2/c14-11(13-7-3-8-15)16-9-5-10-4-1-2-6-12-10/h1-2,4,6,15H,3,5,7-9H2,(H,13,14)/p+1. The molecule has 1 N–H and O–H groups in total. The lowest BCUT2D eigenvalue weighted by molar-refractivity contribution is 0.261. The molecule has 16 heavy (non-hydrogen) atoms. The van der Waals surface area contributed by atoms with Crippen LogP contribution in [0.1, 0.15) is 12.1 Å². The molecule has 1 aromatic heterocycles. The van der Waals surface area contributed by atoms with Crippen LogP contribution in [0, 0.1) is 0 Å². The summed E-state index contributed by atoms with van der Waals surface area (Å²) >= 11 is 4.68. The number of hydrogen-bond acceptors (Lipinski definition) is 3. The van der Waals surface area contributed by atoms with Gasteiger partial charge >= 0.3 is 0 Å². The van der Waals surface area contributed by atoms with E-state index in [2.05, 4.69) is 22.9 Å². The molecule has 0 spiro atoms. The lowest BCUT2D eigenvalue weighted by Gasteiger charge is -2.02. The number of carbonyl (C=O) groups is 1. The summed E-state index contributed by atoms with van der Waals surface area (Å²) in [4.78, 5) is 15.5. The highest BCUT2D eigenvalue weighted by Crippen LogP contribution is 2.05. The van der Waals surface area contributed by atoms with Crippen molar-refractivity contribution in [3.63, 3.8) is 0 Å². The molecular formula is C11H17N2OS2+. The summed E-state index contributed by atoms with van der Waals surface area (Å²) in [7, 11) is 0. The second kappa shape index (κ2) is 8.47. The summed E-state index contributed by atoms with van der Waals surface area (Å²) < 4.78 is 0. The predicted octanol–water partition coefficient (Wildman–Crippen LogP) is 1.47. The number of pyridine rings is 1. The van der Waals surface area contributed by atoms with E-state index < -0.39 is 0 Å². The molecule has 0 saturated heterocycles. The number of carbonyl (C=O) groups excluding carboxylic acids is 1. The molecule has 1 aromatic rings. The molecule has 0 aliphatic carbocycles. The predicted molar refractivity (Wildman–Crippen MR) is 73.4 cm³/mol. The van der Waals surface area contributed by atoms with Gasteiger partial charge in [0, 0.05) is 30.6 Å². The van der Waals surface area contributed by atoms with Crippen molar-refractivity contribution in [3.8, 4) is 0 Å². The molecule has 0 atom stereocenters. The number of aryl methyl sites for hydroxylation is 1. The Morgan fingerprint density at radius 2 is 2.38 bits per heavy atom. The van der Waals surface area contributed by atoms with Gasteiger partial charge in [-0.25, -0.2) is 0 Å². The van der Waals surface area contributed by atoms with Crippen molar-refractivity contribution in [1.82, 2.24) is 10.3 Å². The molecule has 0 aliphatic rings. The van der Waals surface area contributed by atoms with Crippen LogP contribution in [0.4, 0.5) is 4.79 Å². The lowest BCUT2D eigenvalue weighted by atomic mass is 10.3. The molecule has 1 rings (SSSR count). The minimum absolute atomic E-state index is 0.0519. The van der Waals surface area contributed by atoms with Crippen molar-refractivity contribution >= 4 is 29.6 Å². The number of amides is 1. The molecule has 0 unspecified atom stereocenters. The highest BCUT2D eigenvalue weighted by Gasteiger charge is 2.01. The Morgan fingerprint density at radius 1 is 1.50 bits per heavy atom. The average molecular weight is 257 g/mol. The third-order valence-electron chi connectivity index (χ3n) is 1.94. The maximum absolute atomic E-state index is 11.3. The van der Waals surface area contributed by atoms with Crippen LogP contribution in [0.2, 0.25) is 0 Å². The normalized spacial score (nSPS) is 10.1. The Labute approximate surface area is 106 Å². The quantitative estimate of drug-likeness (QED) is 0.620. The third-order valence-corrected chi connectivity index (χ3v) is 3.11. The topological polar surface area (TPSA) is 42.0 Å². The van der Waals surface area contributed by atoms with Crippen LogP contribution in [0.25, 0.3) is 0 Å². The van der Waals surface area contributed by atoms with E-state index in [4.69, 9.17) is 0 Å². The van der Waals surface area contributed by atoms with Gasteiger partial charge in [-0.2, -0.15) is 0 Å². The molecule has 0 fully saturated rings. The first-order chi connectivity index (χ1) is 7.83. The van der Waals surface area contributed by atoms with Gasteiger partial charge in [-0.15, -0.1) is 0 Å². The van der Waals surface area contributed by atoms with Crippen LogP contribution < -0.4 is 5.32 Å². The highest BCUT2D eigenvalue weighted by molar-refractivity contribution is 8.13. The number of nitrogens with one attached hydrogen (secondary N) is 1. The fourth-order valence-corrected chi connectivity index (χ4v) is 2.00. The fraction of sp³-hybridized carbons (Fsp3) is 0.455. The molecule has 0 saturated carbocycles. The van der Waals surface area contributed by atoms with Gasteiger partial charge < -0.3 is 5.32 Å². The van der Waals surface area contributed by atoms with Gasteiger partial charge in [0.05, 0.1) is 0 Å². The number of thioether (sulfide) groups is 1. The lowest BCUT2D eigenvalue weighted by Crippen LogP contribution is -2.20. The maximum atomic E-state index is 11.3. The SMILES string of the molecule is O=C(NCCC[SH2+])SCCc1ccccn1. The summed E-state index contributed by atoms with van der Waals surface area (Å²) in [6.45, 7) is 0.735. The maximum Gasteiger partial charge on any atom is 0.279 e. The Bertz CT molecular complexity index is 306. The molecule has 3 nitrogen and oxygen atoms in total. The molecule has 0 aliphatic heterocycles. The molecule has 0 aromatic carbocycles. The Morgan fingerprint density at radius 3 is 3.06 bits per heavy atom. The molecule has 1 heterocycles. The molecule has 1 amide bonds. The monoisotopic (exact) mass is 257 g/mol. The Balaban J connectivity index is 2.09. The van der Waals surface area contributed by atoms with Crippen molar-refractivity contribution in [1.29, 1.82) is 0 Å². The van der Waals surface area contributed by atoms with Gasteiger partial charge in [-0.05, 0) is 31.2 Å². The number of nitrogens with zero attached hydrogens (tertiary/aromatic N) is 1. The van der Waals surface area contributed by atoms with Crippen LogP contribution in [-0.4, -0.2) is 28.3 Å². The zero-order valence-corrected chi connectivity index (χ0v) is 10.9. The molecular weight excluding hydrogens is 240 g/mol. The van der Waals surface area contributed by atoms with Crippen LogP contribution in [0.5, 0.6) is 0 Å². The van der Waals surface area contributed by atoms with Crippen molar-refractivity contribution in [2.24, 2.45) is 0 Å². The van der Waals surface area contributed by atoms with Crippen LogP contribution >= 0.6 is 11.8 Å². The first kappa shape index (κ1) is 13.4. The van der Waals surface area contributed by atoms with Gasteiger partial charge in [0.1, 0.15) is 5.75 Å². The van der Waals surface area contributed by atoms with Gasteiger partial charge in [0.25, 0.3) is 5.24 Å². The van der Waals surface area contributed by atoms with Gasteiger partial charge in [-0.1, -0.05) is 17.8 Å². The Kier molecular flexibility index (Phi) is 7.09. The summed E-state index contributed by atoms with van der Waals surface area (Å²) in [6, 6.07) is 5.83. The largest absolute Gasteiger partial charge is 0.347 e. The molecule has 88 valence electrons. The minimum Gasteiger partial charge on any atom is -0.347 e. The minimum atomic E-state index is 0.0519. The zero-order valence-electron chi connectivity index (χ0n) is 9.11.